The standard InChI is InChI=1S/C14H9BrClFN2O2/c15-8-5-6-12(17)10(7-8)14(21)19-18-13(20)9-3-1-2-4-11(9)16/h1-7H,(H,18,20)(H,19,21). The van der Waals surface area contributed by atoms with Crippen molar-refractivity contribution in [3.8, 4) is 0 Å². The Labute approximate surface area is 133 Å². The van der Waals surface area contributed by atoms with Gasteiger partial charge in [0, 0.05) is 4.47 Å². The molecule has 0 aliphatic rings. The van der Waals surface area contributed by atoms with Crippen molar-refractivity contribution >= 4 is 39.3 Å². The number of hydrogen-bond donors (Lipinski definition) is 2. The summed E-state index contributed by atoms with van der Waals surface area (Å²) >= 11 is 9.00. The molecule has 0 radical (unpaired) electrons. The second-order valence-electron chi connectivity index (χ2n) is 4.01. The van der Waals surface area contributed by atoms with E-state index in [1.54, 1.807) is 18.2 Å². The Balaban J connectivity index is 2.06. The summed E-state index contributed by atoms with van der Waals surface area (Å²) in [5.74, 6) is -2.05. The second kappa shape index (κ2) is 6.69. The first-order chi connectivity index (χ1) is 9.99. The summed E-state index contributed by atoms with van der Waals surface area (Å²) < 4.78 is 14.1. The Kier molecular flexibility index (Phi) is 4.93. The van der Waals surface area contributed by atoms with Crippen molar-refractivity contribution in [2.45, 2.75) is 0 Å². The van der Waals surface area contributed by atoms with Crippen LogP contribution in [0.4, 0.5) is 4.39 Å². The predicted molar refractivity (Wildman–Crippen MR) is 80.5 cm³/mol. The fourth-order valence-corrected chi connectivity index (χ4v) is 2.15. The van der Waals surface area contributed by atoms with Crippen LogP contribution in [-0.2, 0) is 0 Å². The number of amides is 2. The zero-order valence-corrected chi connectivity index (χ0v) is 12.8. The van der Waals surface area contributed by atoms with Crippen molar-refractivity contribution in [3.63, 3.8) is 0 Å². The first-order valence-corrected chi connectivity index (χ1v) is 6.96. The topological polar surface area (TPSA) is 58.2 Å². The predicted octanol–water partition coefficient (Wildman–Crippen LogP) is 3.32. The molecule has 0 aromatic heterocycles. The van der Waals surface area contributed by atoms with Gasteiger partial charge in [-0.3, -0.25) is 20.4 Å². The fraction of sp³-hybridized carbons (Fsp3) is 0. The van der Waals surface area contributed by atoms with Crippen LogP contribution in [0.5, 0.6) is 0 Å². The number of halogens is 3. The molecular formula is C14H9BrClFN2O2. The SMILES string of the molecule is O=C(NNC(=O)c1ccccc1Cl)c1cc(Br)ccc1F. The molecule has 2 amide bonds. The van der Waals surface area contributed by atoms with Gasteiger partial charge in [0.25, 0.3) is 11.8 Å². The Morgan fingerprint density at radius 3 is 2.29 bits per heavy atom. The molecule has 2 aromatic carbocycles. The number of carbonyl (C=O) groups is 2. The first kappa shape index (κ1) is 15.5. The monoisotopic (exact) mass is 370 g/mol. The molecule has 21 heavy (non-hydrogen) atoms. The Morgan fingerprint density at radius 2 is 1.62 bits per heavy atom. The maximum atomic E-state index is 13.5. The highest BCUT2D eigenvalue weighted by Crippen LogP contribution is 2.16. The largest absolute Gasteiger partial charge is 0.272 e. The van der Waals surface area contributed by atoms with E-state index in [-0.39, 0.29) is 16.1 Å². The quantitative estimate of drug-likeness (QED) is 0.796. The van der Waals surface area contributed by atoms with E-state index < -0.39 is 17.6 Å². The average Bonchev–Trinajstić information content (AvgIpc) is 2.47. The lowest BCUT2D eigenvalue weighted by atomic mass is 10.2. The molecular weight excluding hydrogens is 363 g/mol. The van der Waals surface area contributed by atoms with Crippen molar-refractivity contribution in [1.29, 1.82) is 0 Å². The molecule has 0 heterocycles. The van der Waals surface area contributed by atoms with E-state index in [9.17, 15) is 14.0 Å². The summed E-state index contributed by atoms with van der Waals surface area (Å²) in [4.78, 5) is 23.7. The van der Waals surface area contributed by atoms with Gasteiger partial charge < -0.3 is 0 Å². The van der Waals surface area contributed by atoms with Crippen molar-refractivity contribution in [2.75, 3.05) is 0 Å². The van der Waals surface area contributed by atoms with Gasteiger partial charge in [0.1, 0.15) is 5.82 Å². The summed E-state index contributed by atoms with van der Waals surface area (Å²) in [5.41, 5.74) is 4.33. The lowest BCUT2D eigenvalue weighted by Gasteiger charge is -2.09. The van der Waals surface area contributed by atoms with Crippen LogP contribution in [0.15, 0.2) is 46.9 Å². The molecule has 2 rings (SSSR count). The van der Waals surface area contributed by atoms with Gasteiger partial charge in [-0.05, 0) is 30.3 Å². The third-order valence-electron chi connectivity index (χ3n) is 2.58. The number of hydrogen-bond acceptors (Lipinski definition) is 2. The third kappa shape index (κ3) is 3.80. The van der Waals surface area contributed by atoms with Gasteiger partial charge in [-0.25, -0.2) is 4.39 Å². The van der Waals surface area contributed by atoms with E-state index in [1.165, 1.54) is 18.2 Å². The van der Waals surface area contributed by atoms with E-state index in [4.69, 9.17) is 11.6 Å². The zero-order valence-electron chi connectivity index (χ0n) is 10.5. The van der Waals surface area contributed by atoms with E-state index in [2.05, 4.69) is 26.8 Å². The van der Waals surface area contributed by atoms with Gasteiger partial charge in [0.05, 0.1) is 16.1 Å². The highest BCUT2D eigenvalue weighted by Gasteiger charge is 2.14. The molecule has 0 saturated heterocycles. The molecule has 0 aliphatic heterocycles. The Morgan fingerprint density at radius 1 is 1.00 bits per heavy atom. The van der Waals surface area contributed by atoms with Crippen LogP contribution in [-0.4, -0.2) is 11.8 Å². The van der Waals surface area contributed by atoms with Gasteiger partial charge in [0.15, 0.2) is 0 Å². The number of carbonyl (C=O) groups excluding carboxylic acids is 2. The van der Waals surface area contributed by atoms with E-state index in [0.29, 0.717) is 4.47 Å². The lowest BCUT2D eigenvalue weighted by Crippen LogP contribution is -2.42. The minimum absolute atomic E-state index is 0.191. The molecule has 4 nitrogen and oxygen atoms in total. The minimum atomic E-state index is -0.769. The summed E-state index contributed by atoms with van der Waals surface area (Å²) in [6.07, 6.45) is 0. The van der Waals surface area contributed by atoms with E-state index in [0.717, 1.165) is 6.07 Å². The smallest absolute Gasteiger partial charge is 0.267 e. The molecule has 2 aromatic rings. The van der Waals surface area contributed by atoms with Crippen molar-refractivity contribution in [1.82, 2.24) is 10.9 Å². The number of benzene rings is 2. The van der Waals surface area contributed by atoms with Gasteiger partial charge in [0.2, 0.25) is 0 Å². The average molecular weight is 372 g/mol. The molecule has 0 aliphatic carbocycles. The van der Waals surface area contributed by atoms with Crippen LogP contribution in [0.25, 0.3) is 0 Å². The highest BCUT2D eigenvalue weighted by molar-refractivity contribution is 9.10. The molecule has 2 N–H and O–H groups in total. The number of nitrogens with one attached hydrogen (secondary N) is 2. The molecule has 108 valence electrons. The fourth-order valence-electron chi connectivity index (χ4n) is 1.57. The molecule has 0 spiro atoms. The van der Waals surface area contributed by atoms with Crippen molar-refractivity contribution in [3.05, 3.63) is 68.9 Å². The molecule has 0 unspecified atom stereocenters. The second-order valence-corrected chi connectivity index (χ2v) is 5.34. The summed E-state index contributed by atoms with van der Waals surface area (Å²) in [6.45, 7) is 0. The minimum Gasteiger partial charge on any atom is -0.267 e. The van der Waals surface area contributed by atoms with E-state index in [1.807, 2.05) is 0 Å². The van der Waals surface area contributed by atoms with Gasteiger partial charge in [-0.1, -0.05) is 39.7 Å². The van der Waals surface area contributed by atoms with Crippen molar-refractivity contribution in [2.24, 2.45) is 0 Å². The molecule has 7 heteroatoms. The highest BCUT2D eigenvalue weighted by atomic mass is 79.9. The van der Waals surface area contributed by atoms with Crippen molar-refractivity contribution < 1.29 is 14.0 Å². The van der Waals surface area contributed by atoms with Crippen LogP contribution in [0.1, 0.15) is 20.7 Å². The Hall–Kier alpha value is -1.92. The summed E-state index contributed by atoms with van der Waals surface area (Å²) in [5, 5.41) is 0.248. The maximum absolute atomic E-state index is 13.5. The summed E-state index contributed by atoms with van der Waals surface area (Å²) in [6, 6.07) is 10.3. The molecule has 0 fully saturated rings. The van der Waals surface area contributed by atoms with Gasteiger partial charge >= 0.3 is 0 Å². The lowest BCUT2D eigenvalue weighted by molar-refractivity contribution is 0.0844. The van der Waals surface area contributed by atoms with Crippen LogP contribution in [0.3, 0.4) is 0 Å². The number of hydrazine groups is 1. The molecule has 0 saturated carbocycles. The third-order valence-corrected chi connectivity index (χ3v) is 3.40. The van der Waals surface area contributed by atoms with Crippen LogP contribution in [0, 0.1) is 5.82 Å². The normalized spacial score (nSPS) is 10.0. The maximum Gasteiger partial charge on any atom is 0.272 e. The number of rotatable bonds is 2. The van der Waals surface area contributed by atoms with Gasteiger partial charge in [-0.2, -0.15) is 0 Å². The van der Waals surface area contributed by atoms with Gasteiger partial charge in [-0.15, -0.1) is 0 Å². The van der Waals surface area contributed by atoms with Crippen LogP contribution >= 0.6 is 27.5 Å². The Bertz CT molecular complexity index is 709. The van der Waals surface area contributed by atoms with Crippen LogP contribution < -0.4 is 10.9 Å². The first-order valence-electron chi connectivity index (χ1n) is 5.79. The zero-order chi connectivity index (χ0) is 15.4. The van der Waals surface area contributed by atoms with Crippen LogP contribution in [0.2, 0.25) is 5.02 Å². The summed E-state index contributed by atoms with van der Waals surface area (Å²) in [7, 11) is 0. The van der Waals surface area contributed by atoms with E-state index >= 15 is 0 Å². The molecule has 0 bridgehead atoms. The molecule has 0 atom stereocenters.